The molecule has 1 unspecified atom stereocenters. The highest BCUT2D eigenvalue weighted by molar-refractivity contribution is 8.03. The maximum atomic E-state index is 13.3. The molecule has 1 atom stereocenters. The minimum Gasteiger partial charge on any atom is -0.331 e. The quantitative estimate of drug-likeness (QED) is 0.331. The van der Waals surface area contributed by atoms with Gasteiger partial charge in [0.05, 0.1) is 5.69 Å². The van der Waals surface area contributed by atoms with Crippen molar-refractivity contribution in [3.8, 4) is 0 Å². The van der Waals surface area contributed by atoms with E-state index in [1.54, 1.807) is 35.6 Å². The van der Waals surface area contributed by atoms with Gasteiger partial charge in [0.1, 0.15) is 21.3 Å². The Morgan fingerprint density at radius 3 is 2.67 bits per heavy atom. The van der Waals surface area contributed by atoms with E-state index in [4.69, 9.17) is 4.74 Å². The monoisotopic (exact) mass is 485 g/mol. The fraction of sp³-hybridized carbons (Fsp3) is 0.208. The van der Waals surface area contributed by atoms with Crippen molar-refractivity contribution in [1.29, 1.82) is 0 Å². The number of epoxide rings is 1. The highest BCUT2D eigenvalue weighted by Gasteiger charge is 2.26. The van der Waals surface area contributed by atoms with Crippen molar-refractivity contribution < 1.29 is 18.1 Å². The number of carbonyl (C=O) groups excluding carboxylic acids is 1. The SMILES string of the molecule is CC(C)c1csc(/C=C/c2cccc(NC(=O)c3cccc(NS(=O)(CF)=C4CO4)c3)c2)n1. The van der Waals surface area contributed by atoms with Crippen LogP contribution in [0.4, 0.5) is 15.8 Å². The van der Waals surface area contributed by atoms with Crippen molar-refractivity contribution in [3.63, 3.8) is 0 Å². The Balaban J connectivity index is 1.45. The van der Waals surface area contributed by atoms with Gasteiger partial charge in [-0.05, 0) is 47.9 Å². The summed E-state index contributed by atoms with van der Waals surface area (Å²) in [5.74, 6) is 0.0585. The van der Waals surface area contributed by atoms with E-state index >= 15 is 0 Å². The number of halogens is 1. The zero-order valence-corrected chi connectivity index (χ0v) is 19.8. The van der Waals surface area contributed by atoms with Crippen LogP contribution in [0.15, 0.2) is 53.9 Å². The third-order valence-corrected chi connectivity index (χ3v) is 7.56. The van der Waals surface area contributed by atoms with Crippen LogP contribution in [0.1, 0.15) is 46.4 Å². The van der Waals surface area contributed by atoms with Gasteiger partial charge in [0.2, 0.25) is 0 Å². The first-order valence-electron chi connectivity index (χ1n) is 10.4. The van der Waals surface area contributed by atoms with Gasteiger partial charge < -0.3 is 14.8 Å². The molecule has 9 heteroatoms. The molecule has 2 aromatic carbocycles. The maximum Gasteiger partial charge on any atom is 0.255 e. The van der Waals surface area contributed by atoms with Gasteiger partial charge in [0.15, 0.2) is 11.1 Å². The lowest BCUT2D eigenvalue weighted by Gasteiger charge is -2.11. The minimum atomic E-state index is -3.09. The van der Waals surface area contributed by atoms with Gasteiger partial charge in [0, 0.05) is 22.3 Å². The molecule has 0 saturated carbocycles. The fourth-order valence-corrected chi connectivity index (χ4v) is 5.12. The summed E-state index contributed by atoms with van der Waals surface area (Å²) in [6.07, 6.45) is 3.91. The van der Waals surface area contributed by atoms with Gasteiger partial charge in [-0.2, -0.15) is 0 Å². The van der Waals surface area contributed by atoms with Crippen LogP contribution in [0, 0.1) is 0 Å². The number of thiazole rings is 1. The fourth-order valence-electron chi connectivity index (χ4n) is 3.01. The molecule has 2 N–H and O–H groups in total. The molecule has 33 heavy (non-hydrogen) atoms. The number of nitrogens with one attached hydrogen (secondary N) is 2. The number of rotatable bonds is 8. The Bertz CT molecular complexity index is 1320. The van der Waals surface area contributed by atoms with Crippen LogP contribution >= 0.6 is 11.3 Å². The highest BCUT2D eigenvalue weighted by atomic mass is 32.2. The Morgan fingerprint density at radius 1 is 1.21 bits per heavy atom. The van der Waals surface area contributed by atoms with Crippen molar-refractivity contribution in [1.82, 2.24) is 4.98 Å². The zero-order chi connectivity index (χ0) is 23.4. The van der Waals surface area contributed by atoms with Crippen molar-refractivity contribution in [2.75, 3.05) is 22.7 Å². The van der Waals surface area contributed by atoms with Crippen LogP contribution in [-0.4, -0.2) is 32.8 Å². The predicted octanol–water partition coefficient (Wildman–Crippen LogP) is 5.39. The second-order valence-electron chi connectivity index (χ2n) is 7.81. The van der Waals surface area contributed by atoms with Gasteiger partial charge in [-0.25, -0.2) is 13.6 Å². The van der Waals surface area contributed by atoms with Crippen LogP contribution in [-0.2, 0) is 14.4 Å². The first kappa shape index (κ1) is 23.2. The largest absolute Gasteiger partial charge is 0.331 e. The Kier molecular flexibility index (Phi) is 6.92. The molecule has 172 valence electrons. The van der Waals surface area contributed by atoms with Gasteiger partial charge in [-0.1, -0.05) is 38.1 Å². The third kappa shape index (κ3) is 5.87. The van der Waals surface area contributed by atoms with Crippen LogP contribution in [0.5, 0.6) is 0 Å². The summed E-state index contributed by atoms with van der Waals surface area (Å²) in [5.41, 5.74) is 3.37. The Hall–Kier alpha value is -3.01. The molecule has 6 nitrogen and oxygen atoms in total. The van der Waals surface area contributed by atoms with Crippen molar-refractivity contribution >= 4 is 55.5 Å². The van der Waals surface area contributed by atoms with Crippen LogP contribution in [0.25, 0.3) is 12.2 Å². The topological polar surface area (TPSA) is 83.6 Å². The molecule has 4 rings (SSSR count). The molecule has 1 amide bonds. The molecule has 1 aromatic heterocycles. The number of hydrogen-bond donors (Lipinski definition) is 2. The number of alkyl halides is 1. The van der Waals surface area contributed by atoms with E-state index in [2.05, 4.69) is 34.3 Å². The van der Waals surface area contributed by atoms with Crippen LogP contribution < -0.4 is 10.0 Å². The number of amides is 1. The number of benzene rings is 2. The zero-order valence-electron chi connectivity index (χ0n) is 18.2. The van der Waals surface area contributed by atoms with E-state index in [-0.39, 0.29) is 17.6 Å². The minimum absolute atomic E-state index is 0.183. The number of carbonyl (C=O) groups is 1. The maximum absolute atomic E-state index is 13.3. The number of hydrogen-bond acceptors (Lipinski definition) is 5. The Labute approximate surface area is 196 Å². The van der Waals surface area contributed by atoms with Gasteiger partial charge in [-0.15, -0.1) is 11.3 Å². The van der Waals surface area contributed by atoms with Crippen molar-refractivity contribution in [2.24, 2.45) is 0 Å². The second kappa shape index (κ2) is 9.86. The van der Waals surface area contributed by atoms with Gasteiger partial charge in [-0.3, -0.25) is 4.79 Å². The molecule has 0 bridgehead atoms. The average Bonchev–Trinajstić information content (AvgIpc) is 3.56. The van der Waals surface area contributed by atoms with E-state index in [9.17, 15) is 13.4 Å². The first-order chi connectivity index (χ1) is 15.9. The molecule has 1 saturated heterocycles. The predicted molar refractivity (Wildman–Crippen MR) is 135 cm³/mol. The summed E-state index contributed by atoms with van der Waals surface area (Å²) >= 11 is 1.59. The summed E-state index contributed by atoms with van der Waals surface area (Å²) in [6, 6.07) is 12.8. The van der Waals surface area contributed by atoms with E-state index in [0.717, 1.165) is 16.3 Å². The number of aromatic nitrogens is 1. The lowest BCUT2D eigenvalue weighted by atomic mass is 10.1. The summed E-state index contributed by atoms with van der Waals surface area (Å²) in [5, 5.41) is 6.07. The van der Waals surface area contributed by atoms with Gasteiger partial charge >= 0.3 is 0 Å². The average molecular weight is 486 g/mol. The third-order valence-electron chi connectivity index (χ3n) is 4.89. The van der Waals surface area contributed by atoms with Crippen LogP contribution in [0.2, 0.25) is 0 Å². The molecule has 1 fully saturated rings. The van der Waals surface area contributed by atoms with E-state index in [0.29, 0.717) is 22.9 Å². The number of ether oxygens (including phenoxy) is 1. The van der Waals surface area contributed by atoms with E-state index in [1.165, 1.54) is 6.07 Å². The van der Waals surface area contributed by atoms with Crippen molar-refractivity contribution in [3.05, 3.63) is 75.7 Å². The standard InChI is InChI=1S/C24H24FN3O3S2/c1-16(2)21-14-32-22(27-21)10-9-17-5-3-7-19(11-17)26-24(29)18-6-4-8-20(12-18)28-33(30,15-25)23-13-31-23/h3-12,14,16H,13,15H2,1-2H3,(H,26,29)(H,28,30)/b10-9+. The summed E-state index contributed by atoms with van der Waals surface area (Å²) < 4.78 is 33.4. The lowest BCUT2D eigenvalue weighted by Crippen LogP contribution is -2.19. The molecule has 1 aliphatic rings. The molecule has 0 radical (unpaired) electrons. The summed E-state index contributed by atoms with van der Waals surface area (Å²) in [6.45, 7) is 4.41. The molecule has 1 aliphatic heterocycles. The second-order valence-corrected chi connectivity index (χ2v) is 10.9. The molecular weight excluding hydrogens is 461 g/mol. The molecule has 3 aromatic rings. The molecule has 2 heterocycles. The number of anilines is 2. The van der Waals surface area contributed by atoms with E-state index in [1.807, 2.05) is 30.4 Å². The smallest absolute Gasteiger partial charge is 0.255 e. The summed E-state index contributed by atoms with van der Waals surface area (Å²) in [7, 11) is -3.09. The normalized spacial score (nSPS) is 15.0. The van der Waals surface area contributed by atoms with Gasteiger partial charge in [0.25, 0.3) is 5.91 Å². The number of nitrogens with zero attached hydrogens (tertiary/aromatic N) is 1. The van der Waals surface area contributed by atoms with Crippen LogP contribution in [0.3, 0.4) is 0 Å². The Morgan fingerprint density at radius 2 is 1.97 bits per heavy atom. The van der Waals surface area contributed by atoms with Crippen molar-refractivity contribution in [2.45, 2.75) is 19.8 Å². The lowest BCUT2D eigenvalue weighted by molar-refractivity contribution is 0.102. The highest BCUT2D eigenvalue weighted by Crippen LogP contribution is 2.21. The molecule has 0 spiro atoms. The van der Waals surface area contributed by atoms with E-state index < -0.39 is 15.7 Å². The molecular formula is C24H24FN3O3S2. The molecule has 0 aliphatic carbocycles. The summed E-state index contributed by atoms with van der Waals surface area (Å²) in [4.78, 5) is 17.4. The first-order valence-corrected chi connectivity index (χ1v) is 13.0.